The van der Waals surface area contributed by atoms with E-state index in [4.69, 9.17) is 0 Å². The molecule has 1 amide bonds. The average Bonchev–Trinajstić information content (AvgIpc) is 3.35. The van der Waals surface area contributed by atoms with E-state index in [1.165, 1.54) is 24.5 Å². The summed E-state index contributed by atoms with van der Waals surface area (Å²) in [4.78, 5) is 17.4. The number of alkyl halides is 7. The fourth-order valence-corrected chi connectivity index (χ4v) is 6.84. The van der Waals surface area contributed by atoms with E-state index in [9.17, 15) is 48.3 Å². The molecule has 4 rings (SSSR count). The number of sulfone groups is 1. The smallest absolute Gasteiger partial charge is 0.340 e. The van der Waals surface area contributed by atoms with Crippen LogP contribution in [0.3, 0.4) is 0 Å². The molecule has 0 aliphatic carbocycles. The summed E-state index contributed by atoms with van der Waals surface area (Å²) >= 11 is 0. The van der Waals surface area contributed by atoms with E-state index in [0.717, 1.165) is 29.2 Å². The highest BCUT2D eigenvalue weighted by molar-refractivity contribution is 7.92. The molecule has 1 aliphatic rings. The van der Waals surface area contributed by atoms with Gasteiger partial charge in [-0.2, -0.15) is 26.3 Å². The van der Waals surface area contributed by atoms with Crippen LogP contribution in [0, 0.1) is 11.6 Å². The SMILES string of the molecule is O=C(Cc1ccncc1)N1CC[C@](c2ccc(C(F)(C(F)(F)F)C(F)(F)F)c(F)c2)(S(=O)(=O)c2ccc(F)cc2)C1. The Kier molecular flexibility index (Phi) is 7.65. The maximum atomic E-state index is 15.0. The Morgan fingerprint density at radius 3 is 2.00 bits per heavy atom. The number of hydrogen-bond acceptors (Lipinski definition) is 4. The van der Waals surface area contributed by atoms with Crippen molar-refractivity contribution in [1.82, 2.24) is 9.88 Å². The number of hydrogen-bond donors (Lipinski definition) is 0. The molecule has 15 heteroatoms. The Morgan fingerprint density at radius 1 is 0.878 bits per heavy atom. The van der Waals surface area contributed by atoms with Crippen molar-refractivity contribution in [3.8, 4) is 0 Å². The molecule has 1 aliphatic heterocycles. The third-order valence-corrected chi connectivity index (χ3v) is 9.47. The van der Waals surface area contributed by atoms with Crippen LogP contribution >= 0.6 is 0 Å². The fraction of sp³-hybridized carbons (Fsp3) is 0.308. The first-order valence-electron chi connectivity index (χ1n) is 11.7. The van der Waals surface area contributed by atoms with Gasteiger partial charge in [-0.3, -0.25) is 9.78 Å². The molecule has 0 bridgehead atoms. The zero-order valence-corrected chi connectivity index (χ0v) is 21.4. The summed E-state index contributed by atoms with van der Waals surface area (Å²) in [6.45, 7) is -0.916. The number of rotatable bonds is 6. The van der Waals surface area contributed by atoms with Gasteiger partial charge in [-0.05, 0) is 60.0 Å². The summed E-state index contributed by atoms with van der Waals surface area (Å²) in [6.07, 6.45) is -11.0. The Morgan fingerprint density at radius 2 is 1.46 bits per heavy atom. The Hall–Kier alpha value is -3.62. The number of likely N-dealkylation sites (tertiary alicyclic amines) is 1. The van der Waals surface area contributed by atoms with Crippen LogP contribution in [0.25, 0.3) is 0 Å². The van der Waals surface area contributed by atoms with Gasteiger partial charge in [0, 0.05) is 31.0 Å². The Labute approximate surface area is 227 Å². The van der Waals surface area contributed by atoms with Crippen LogP contribution in [-0.2, 0) is 31.5 Å². The van der Waals surface area contributed by atoms with E-state index in [0.29, 0.717) is 11.6 Å². The fourth-order valence-electron chi connectivity index (χ4n) is 4.78. The van der Waals surface area contributed by atoms with Gasteiger partial charge >= 0.3 is 18.0 Å². The first-order chi connectivity index (χ1) is 18.9. The normalized spacial score (nSPS) is 18.5. The predicted octanol–water partition coefficient (Wildman–Crippen LogP) is 5.79. The maximum Gasteiger partial charge on any atom is 0.436 e. The second-order valence-corrected chi connectivity index (χ2v) is 11.7. The number of halogens is 9. The Bertz CT molecular complexity index is 1530. The van der Waals surface area contributed by atoms with E-state index in [-0.39, 0.29) is 25.1 Å². The van der Waals surface area contributed by atoms with Crippen molar-refractivity contribution in [2.45, 2.75) is 40.5 Å². The number of pyridine rings is 1. The van der Waals surface area contributed by atoms with Crippen molar-refractivity contribution in [2.24, 2.45) is 0 Å². The lowest BCUT2D eigenvalue weighted by Crippen LogP contribution is -2.51. The highest BCUT2D eigenvalue weighted by atomic mass is 32.2. The molecule has 5 nitrogen and oxygen atoms in total. The molecule has 3 aromatic rings. The summed E-state index contributed by atoms with van der Waals surface area (Å²) in [7, 11) is -4.71. The largest absolute Gasteiger partial charge is 0.436 e. The molecule has 1 atom stereocenters. The van der Waals surface area contributed by atoms with Gasteiger partial charge in [0.15, 0.2) is 9.84 Å². The standard InChI is InChI=1S/C26H19F9N2O3S/c27-18-2-4-19(5-3-18)41(39,40)23(9-12-37(15-23)22(38)13-16-7-10-36-11-8-16)17-1-6-20(21(28)14-17)24(29,25(30,31)32)26(33,34)35/h1-8,10-11,14H,9,12-13,15H2/t23-/m0/s1. The molecule has 0 N–H and O–H groups in total. The Balaban J connectivity index is 1.84. The molecule has 1 aromatic heterocycles. The zero-order valence-electron chi connectivity index (χ0n) is 20.6. The van der Waals surface area contributed by atoms with Crippen LogP contribution in [0.15, 0.2) is 71.9 Å². The minimum absolute atomic E-state index is 0.0963. The van der Waals surface area contributed by atoms with Gasteiger partial charge in [0.05, 0.1) is 11.3 Å². The van der Waals surface area contributed by atoms with Crippen LogP contribution in [-0.4, -0.2) is 49.7 Å². The molecule has 41 heavy (non-hydrogen) atoms. The van der Waals surface area contributed by atoms with E-state index in [1.807, 2.05) is 0 Å². The van der Waals surface area contributed by atoms with Crippen molar-refractivity contribution in [3.05, 3.63) is 95.3 Å². The monoisotopic (exact) mass is 610 g/mol. The second kappa shape index (κ2) is 10.3. The molecule has 0 radical (unpaired) electrons. The van der Waals surface area contributed by atoms with Crippen molar-refractivity contribution in [1.29, 1.82) is 0 Å². The predicted molar refractivity (Wildman–Crippen MR) is 126 cm³/mol. The molecule has 0 unspecified atom stereocenters. The molecule has 1 saturated heterocycles. The molecular weight excluding hydrogens is 591 g/mol. The van der Waals surface area contributed by atoms with Gasteiger partial charge in [0.25, 0.3) is 0 Å². The van der Waals surface area contributed by atoms with Crippen LogP contribution in [0.4, 0.5) is 39.5 Å². The molecule has 2 heterocycles. The van der Waals surface area contributed by atoms with Crippen molar-refractivity contribution in [3.63, 3.8) is 0 Å². The van der Waals surface area contributed by atoms with E-state index in [1.54, 1.807) is 0 Å². The number of carbonyl (C=O) groups excluding carboxylic acids is 1. The van der Waals surface area contributed by atoms with Gasteiger partial charge in [0.1, 0.15) is 16.4 Å². The summed E-state index contributed by atoms with van der Waals surface area (Å²) in [6, 6.07) is 6.85. The van der Waals surface area contributed by atoms with Crippen LogP contribution in [0.5, 0.6) is 0 Å². The van der Waals surface area contributed by atoms with E-state index < -0.39 is 79.1 Å². The average molecular weight is 610 g/mol. The molecular formula is C26H19F9N2O3S. The number of benzene rings is 2. The lowest BCUT2D eigenvalue weighted by atomic mass is 9.89. The van der Waals surface area contributed by atoms with Gasteiger partial charge < -0.3 is 4.90 Å². The first-order valence-corrected chi connectivity index (χ1v) is 13.2. The maximum absolute atomic E-state index is 15.0. The second-order valence-electron chi connectivity index (χ2n) is 9.40. The van der Waals surface area contributed by atoms with Crippen LogP contribution in [0.2, 0.25) is 0 Å². The summed E-state index contributed by atoms with van der Waals surface area (Å²) in [5.74, 6) is -3.69. The summed E-state index contributed by atoms with van der Waals surface area (Å²) in [5, 5.41) is 0. The minimum atomic E-state index is -6.60. The molecule has 1 fully saturated rings. The quantitative estimate of drug-likeness (QED) is 0.262. The molecule has 0 spiro atoms. The zero-order chi connectivity index (χ0) is 30.4. The van der Waals surface area contributed by atoms with Crippen LogP contribution < -0.4 is 0 Å². The van der Waals surface area contributed by atoms with Crippen molar-refractivity contribution in [2.75, 3.05) is 13.1 Å². The highest BCUT2D eigenvalue weighted by Gasteiger charge is 2.74. The van der Waals surface area contributed by atoms with E-state index >= 15 is 4.39 Å². The third-order valence-electron chi connectivity index (χ3n) is 6.98. The lowest BCUT2D eigenvalue weighted by Gasteiger charge is -2.33. The van der Waals surface area contributed by atoms with Crippen molar-refractivity contribution >= 4 is 15.7 Å². The van der Waals surface area contributed by atoms with Crippen LogP contribution in [0.1, 0.15) is 23.1 Å². The first kappa shape index (κ1) is 30.3. The summed E-state index contributed by atoms with van der Waals surface area (Å²) < 4.78 is 148. The number of nitrogens with zero attached hydrogens (tertiary/aromatic N) is 2. The highest BCUT2D eigenvalue weighted by Crippen LogP contribution is 2.54. The summed E-state index contributed by atoms with van der Waals surface area (Å²) in [5.41, 5.74) is -8.60. The van der Waals surface area contributed by atoms with E-state index in [2.05, 4.69) is 4.98 Å². The van der Waals surface area contributed by atoms with Gasteiger partial charge in [-0.15, -0.1) is 0 Å². The number of aromatic nitrogens is 1. The third kappa shape index (κ3) is 5.15. The number of carbonyl (C=O) groups is 1. The molecule has 220 valence electrons. The van der Waals surface area contributed by atoms with Gasteiger partial charge in [0.2, 0.25) is 5.91 Å². The van der Waals surface area contributed by atoms with Gasteiger partial charge in [-0.25, -0.2) is 21.6 Å². The molecule has 2 aromatic carbocycles. The molecule has 0 saturated carbocycles. The lowest BCUT2D eigenvalue weighted by molar-refractivity contribution is -0.349. The number of amides is 1. The van der Waals surface area contributed by atoms with Crippen molar-refractivity contribution < 1.29 is 52.7 Å². The minimum Gasteiger partial charge on any atom is -0.340 e. The topological polar surface area (TPSA) is 67.3 Å². The van der Waals surface area contributed by atoms with Gasteiger partial charge in [-0.1, -0.05) is 12.1 Å².